The molecule has 0 aliphatic heterocycles. The summed E-state index contributed by atoms with van der Waals surface area (Å²) in [5, 5.41) is 9.40. The van der Waals surface area contributed by atoms with Crippen LogP contribution >= 0.6 is 15.9 Å². The normalized spacial score (nSPS) is 12.8. The van der Waals surface area contributed by atoms with Gasteiger partial charge in [0.15, 0.2) is 0 Å². The van der Waals surface area contributed by atoms with Crippen LogP contribution in [0.15, 0.2) is 22.7 Å². The van der Waals surface area contributed by atoms with Crippen LogP contribution in [-0.4, -0.2) is 11.1 Å². The van der Waals surface area contributed by atoms with Gasteiger partial charge in [-0.2, -0.15) is 0 Å². The van der Waals surface area contributed by atoms with Gasteiger partial charge in [0.2, 0.25) is 0 Å². The average Bonchev–Trinajstić information content (AvgIpc) is 2.13. The molecule has 0 aromatic heterocycles. The summed E-state index contributed by atoms with van der Waals surface area (Å²) in [7, 11) is 0. The second kappa shape index (κ2) is 4.63. The van der Waals surface area contributed by atoms with Crippen molar-refractivity contribution in [1.82, 2.24) is 0 Å². The first kappa shape index (κ1) is 10.5. The van der Waals surface area contributed by atoms with E-state index in [-0.39, 0.29) is 11.8 Å². The summed E-state index contributed by atoms with van der Waals surface area (Å²) in [5.74, 6) is 0.279. The highest BCUT2D eigenvalue weighted by atomic mass is 79.9. The number of hydrogen-bond acceptors (Lipinski definition) is 2. The number of aromatic hydroxyl groups is 1. The van der Waals surface area contributed by atoms with Crippen molar-refractivity contribution in [3.05, 3.63) is 28.2 Å². The molecular weight excluding hydrogens is 230 g/mol. The summed E-state index contributed by atoms with van der Waals surface area (Å²) in [5.41, 5.74) is 6.89. The summed E-state index contributed by atoms with van der Waals surface area (Å²) >= 11 is 3.33. The first-order valence-corrected chi connectivity index (χ1v) is 5.16. The van der Waals surface area contributed by atoms with Crippen molar-refractivity contribution < 1.29 is 5.11 Å². The maximum atomic E-state index is 9.40. The van der Waals surface area contributed by atoms with E-state index >= 15 is 0 Å². The number of nitrogens with two attached hydrogens (primary N) is 1. The highest BCUT2D eigenvalue weighted by molar-refractivity contribution is 9.10. The zero-order valence-corrected chi connectivity index (χ0v) is 9.21. The van der Waals surface area contributed by atoms with Crippen LogP contribution < -0.4 is 5.73 Å². The lowest BCUT2D eigenvalue weighted by atomic mass is 10.0. The zero-order valence-electron chi connectivity index (χ0n) is 7.63. The van der Waals surface area contributed by atoms with E-state index in [1.807, 2.05) is 12.1 Å². The first-order chi connectivity index (χ1) is 6.15. The Morgan fingerprint density at radius 3 is 2.85 bits per heavy atom. The van der Waals surface area contributed by atoms with Crippen LogP contribution in [0.4, 0.5) is 0 Å². The number of phenols is 1. The minimum atomic E-state index is 0.165. The minimum Gasteiger partial charge on any atom is -0.507 e. The molecule has 0 amide bonds. The van der Waals surface area contributed by atoms with Gasteiger partial charge in [-0.1, -0.05) is 19.1 Å². The third-order valence-corrected chi connectivity index (χ3v) is 2.98. The second-order valence-electron chi connectivity index (χ2n) is 3.12. The standard InChI is InChI=1S/C10H14BrNO/c1-2-8(12)6-7-4-3-5-9(13)10(7)11/h3-5,8,13H,2,6,12H2,1H3. The summed E-state index contributed by atoms with van der Waals surface area (Å²) in [6, 6.07) is 5.63. The van der Waals surface area contributed by atoms with E-state index in [1.165, 1.54) is 0 Å². The largest absolute Gasteiger partial charge is 0.507 e. The fraction of sp³-hybridized carbons (Fsp3) is 0.400. The molecule has 0 aliphatic carbocycles. The van der Waals surface area contributed by atoms with Gasteiger partial charge in [0.05, 0.1) is 4.47 Å². The van der Waals surface area contributed by atoms with Crippen LogP contribution in [0, 0.1) is 0 Å². The molecule has 1 unspecified atom stereocenters. The van der Waals surface area contributed by atoms with Crippen molar-refractivity contribution in [2.45, 2.75) is 25.8 Å². The molecule has 1 atom stereocenters. The Bertz CT molecular complexity index is 288. The number of hydrogen-bond donors (Lipinski definition) is 2. The van der Waals surface area contributed by atoms with Crippen LogP contribution in [0.3, 0.4) is 0 Å². The Kier molecular flexibility index (Phi) is 3.75. The van der Waals surface area contributed by atoms with Crippen LogP contribution in [-0.2, 0) is 6.42 Å². The van der Waals surface area contributed by atoms with Crippen LogP contribution in [0.25, 0.3) is 0 Å². The molecule has 3 N–H and O–H groups in total. The molecular formula is C10H14BrNO. The second-order valence-corrected chi connectivity index (χ2v) is 3.92. The lowest BCUT2D eigenvalue weighted by Crippen LogP contribution is -2.21. The van der Waals surface area contributed by atoms with Gasteiger partial charge in [0.1, 0.15) is 5.75 Å². The van der Waals surface area contributed by atoms with E-state index in [0.29, 0.717) is 0 Å². The van der Waals surface area contributed by atoms with Gasteiger partial charge < -0.3 is 10.8 Å². The molecule has 1 rings (SSSR count). The molecule has 0 saturated heterocycles. The SMILES string of the molecule is CCC(N)Cc1cccc(O)c1Br. The molecule has 0 bridgehead atoms. The number of phenolic OH excluding ortho intramolecular Hbond substituents is 1. The van der Waals surface area contributed by atoms with Crippen molar-refractivity contribution >= 4 is 15.9 Å². The molecule has 0 saturated carbocycles. The number of benzene rings is 1. The fourth-order valence-electron chi connectivity index (χ4n) is 1.15. The predicted molar refractivity (Wildman–Crippen MR) is 57.8 cm³/mol. The molecule has 0 aliphatic rings. The van der Waals surface area contributed by atoms with E-state index < -0.39 is 0 Å². The smallest absolute Gasteiger partial charge is 0.130 e. The Hall–Kier alpha value is -0.540. The predicted octanol–water partition coefficient (Wildman–Crippen LogP) is 2.43. The van der Waals surface area contributed by atoms with Crippen LogP contribution in [0.5, 0.6) is 5.75 Å². The van der Waals surface area contributed by atoms with Crippen molar-refractivity contribution in [2.75, 3.05) is 0 Å². The van der Waals surface area contributed by atoms with E-state index in [2.05, 4.69) is 22.9 Å². The van der Waals surface area contributed by atoms with Gasteiger partial charge in [0, 0.05) is 6.04 Å². The quantitative estimate of drug-likeness (QED) is 0.857. The molecule has 0 radical (unpaired) electrons. The van der Waals surface area contributed by atoms with Gasteiger partial charge in [-0.3, -0.25) is 0 Å². The molecule has 1 aromatic carbocycles. The summed E-state index contributed by atoms with van der Waals surface area (Å²) in [6.45, 7) is 2.06. The van der Waals surface area contributed by atoms with Crippen molar-refractivity contribution in [2.24, 2.45) is 5.73 Å². The number of halogens is 1. The Morgan fingerprint density at radius 2 is 2.23 bits per heavy atom. The summed E-state index contributed by atoms with van der Waals surface area (Å²) < 4.78 is 0.763. The minimum absolute atomic E-state index is 0.165. The van der Waals surface area contributed by atoms with Gasteiger partial charge >= 0.3 is 0 Å². The van der Waals surface area contributed by atoms with E-state index in [9.17, 15) is 5.11 Å². The lowest BCUT2D eigenvalue weighted by Gasteiger charge is -2.10. The maximum Gasteiger partial charge on any atom is 0.130 e. The van der Waals surface area contributed by atoms with Crippen molar-refractivity contribution in [3.8, 4) is 5.75 Å². The maximum absolute atomic E-state index is 9.40. The molecule has 13 heavy (non-hydrogen) atoms. The third kappa shape index (κ3) is 2.71. The first-order valence-electron chi connectivity index (χ1n) is 4.37. The Morgan fingerprint density at radius 1 is 1.54 bits per heavy atom. The molecule has 3 heteroatoms. The van der Waals surface area contributed by atoms with Crippen molar-refractivity contribution in [3.63, 3.8) is 0 Å². The average molecular weight is 244 g/mol. The molecule has 0 fully saturated rings. The van der Waals surface area contributed by atoms with E-state index in [1.54, 1.807) is 6.07 Å². The number of rotatable bonds is 3. The molecule has 2 nitrogen and oxygen atoms in total. The highest BCUT2D eigenvalue weighted by Gasteiger charge is 2.07. The van der Waals surface area contributed by atoms with Gasteiger partial charge in [0.25, 0.3) is 0 Å². The molecule has 0 heterocycles. The monoisotopic (exact) mass is 243 g/mol. The zero-order chi connectivity index (χ0) is 9.84. The van der Waals surface area contributed by atoms with Crippen LogP contribution in [0.1, 0.15) is 18.9 Å². The third-order valence-electron chi connectivity index (χ3n) is 2.06. The summed E-state index contributed by atoms with van der Waals surface area (Å²) in [4.78, 5) is 0. The highest BCUT2D eigenvalue weighted by Crippen LogP contribution is 2.27. The summed E-state index contributed by atoms with van der Waals surface area (Å²) in [6.07, 6.45) is 1.74. The molecule has 72 valence electrons. The van der Waals surface area contributed by atoms with Gasteiger partial charge in [-0.05, 0) is 40.4 Å². The topological polar surface area (TPSA) is 46.2 Å². The fourth-order valence-corrected chi connectivity index (χ4v) is 1.58. The van der Waals surface area contributed by atoms with Crippen LogP contribution in [0.2, 0.25) is 0 Å². The lowest BCUT2D eigenvalue weighted by molar-refractivity contribution is 0.470. The molecule has 0 spiro atoms. The van der Waals surface area contributed by atoms with Crippen molar-refractivity contribution in [1.29, 1.82) is 0 Å². The Labute approximate surface area is 86.9 Å². The van der Waals surface area contributed by atoms with Gasteiger partial charge in [-0.25, -0.2) is 0 Å². The van der Waals surface area contributed by atoms with E-state index in [0.717, 1.165) is 22.9 Å². The molecule has 1 aromatic rings. The Balaban J connectivity index is 2.83. The van der Waals surface area contributed by atoms with E-state index in [4.69, 9.17) is 5.73 Å². The van der Waals surface area contributed by atoms with Gasteiger partial charge in [-0.15, -0.1) is 0 Å².